The highest BCUT2D eigenvalue weighted by atomic mass is 19.1. The first-order chi connectivity index (χ1) is 13.0. The van der Waals surface area contributed by atoms with Crippen LogP contribution in [-0.4, -0.2) is 18.2 Å². The van der Waals surface area contributed by atoms with Crippen LogP contribution in [0.3, 0.4) is 0 Å². The molecule has 1 atom stereocenters. The van der Waals surface area contributed by atoms with Gasteiger partial charge in [-0.05, 0) is 28.8 Å². The molecule has 3 aromatic rings. The van der Waals surface area contributed by atoms with E-state index in [-0.39, 0.29) is 11.3 Å². The monoisotopic (exact) mass is 369 g/mol. The van der Waals surface area contributed by atoms with E-state index in [1.807, 2.05) is 6.07 Å². The first kappa shape index (κ1) is 18.5. The van der Waals surface area contributed by atoms with Crippen LogP contribution in [0.15, 0.2) is 66.7 Å². The lowest BCUT2D eigenvalue weighted by molar-refractivity contribution is -0.129. The fourth-order valence-electron chi connectivity index (χ4n) is 3.00. The summed E-state index contributed by atoms with van der Waals surface area (Å²) in [5, 5.41) is 9.13. The molecule has 0 aliphatic carbocycles. The fraction of sp³-hybridized carbons (Fsp3) is 0.0952. The predicted octanol–water partition coefficient (Wildman–Crippen LogP) is 4.28. The topological polar surface area (TPSA) is 58.6 Å². The van der Waals surface area contributed by atoms with Gasteiger partial charge in [-0.25, -0.2) is 14.3 Å². The van der Waals surface area contributed by atoms with Gasteiger partial charge in [-0.1, -0.05) is 48.5 Å². The molecule has 0 spiro atoms. The van der Waals surface area contributed by atoms with E-state index in [9.17, 15) is 13.6 Å². The van der Waals surface area contributed by atoms with Gasteiger partial charge in [0.05, 0.1) is 13.0 Å². The van der Waals surface area contributed by atoms with E-state index in [0.29, 0.717) is 16.7 Å². The van der Waals surface area contributed by atoms with E-state index in [2.05, 4.69) is 0 Å². The lowest BCUT2D eigenvalue weighted by atomic mass is 9.88. The Labute approximate surface area is 155 Å². The SMILES string of the molecule is COc1cc(F)c(-c2cccc(C(C(=O)NO)c3ccccc3)c2)cc1F. The van der Waals surface area contributed by atoms with Crippen molar-refractivity contribution in [3.05, 3.63) is 89.5 Å². The summed E-state index contributed by atoms with van der Waals surface area (Å²) in [6.07, 6.45) is 0. The summed E-state index contributed by atoms with van der Waals surface area (Å²) < 4.78 is 33.2. The number of hydroxylamine groups is 1. The zero-order valence-electron chi connectivity index (χ0n) is 14.4. The quantitative estimate of drug-likeness (QED) is 0.521. The number of hydrogen-bond donors (Lipinski definition) is 2. The molecule has 0 saturated heterocycles. The number of carbonyl (C=O) groups excluding carboxylic acids is 1. The Balaban J connectivity index is 2.09. The maximum absolute atomic E-state index is 14.4. The van der Waals surface area contributed by atoms with E-state index >= 15 is 0 Å². The van der Waals surface area contributed by atoms with E-state index in [4.69, 9.17) is 9.94 Å². The molecule has 27 heavy (non-hydrogen) atoms. The third kappa shape index (κ3) is 3.80. The highest BCUT2D eigenvalue weighted by Gasteiger charge is 2.23. The Morgan fingerprint density at radius 3 is 2.33 bits per heavy atom. The Kier molecular flexibility index (Phi) is 5.47. The van der Waals surface area contributed by atoms with Crippen molar-refractivity contribution >= 4 is 5.91 Å². The Morgan fingerprint density at radius 1 is 0.963 bits per heavy atom. The van der Waals surface area contributed by atoms with Crippen LogP contribution < -0.4 is 10.2 Å². The lowest BCUT2D eigenvalue weighted by Crippen LogP contribution is -2.27. The lowest BCUT2D eigenvalue weighted by Gasteiger charge is -2.17. The smallest absolute Gasteiger partial charge is 0.255 e. The molecule has 1 amide bonds. The van der Waals surface area contributed by atoms with Gasteiger partial charge in [0.2, 0.25) is 0 Å². The Hall–Kier alpha value is -3.25. The standard InChI is InChI=1S/C21H17F2NO3/c1-27-19-12-17(22)16(11-18(19)23)14-8-5-9-15(10-14)20(21(25)24-26)13-6-3-2-4-7-13/h2-12,20,26H,1H3,(H,24,25). The summed E-state index contributed by atoms with van der Waals surface area (Å²) in [5.74, 6) is -2.95. The summed E-state index contributed by atoms with van der Waals surface area (Å²) in [6, 6.07) is 17.4. The number of rotatable bonds is 5. The Bertz CT molecular complexity index is 961. The molecule has 0 aliphatic rings. The van der Waals surface area contributed by atoms with Gasteiger partial charge in [0.1, 0.15) is 5.82 Å². The molecule has 0 aromatic heterocycles. The van der Waals surface area contributed by atoms with Crippen LogP contribution in [-0.2, 0) is 4.79 Å². The minimum absolute atomic E-state index is 0.0476. The average molecular weight is 369 g/mol. The second kappa shape index (κ2) is 7.97. The maximum Gasteiger partial charge on any atom is 0.255 e. The molecule has 4 nitrogen and oxygen atoms in total. The molecule has 0 fully saturated rings. The molecule has 0 aliphatic heterocycles. The summed E-state index contributed by atoms with van der Waals surface area (Å²) in [6.45, 7) is 0. The van der Waals surface area contributed by atoms with Gasteiger partial charge in [0.15, 0.2) is 11.6 Å². The second-order valence-electron chi connectivity index (χ2n) is 5.91. The van der Waals surface area contributed by atoms with E-state index in [0.717, 1.165) is 12.1 Å². The molecular formula is C21H17F2NO3. The third-order valence-corrected chi connectivity index (χ3v) is 4.28. The number of amides is 1. The van der Waals surface area contributed by atoms with Crippen LogP contribution in [0.2, 0.25) is 0 Å². The van der Waals surface area contributed by atoms with Gasteiger partial charge in [0, 0.05) is 11.6 Å². The van der Waals surface area contributed by atoms with Crippen LogP contribution in [0.25, 0.3) is 11.1 Å². The summed E-state index contributed by atoms with van der Waals surface area (Å²) in [7, 11) is 1.26. The molecule has 0 radical (unpaired) electrons. The first-order valence-corrected chi connectivity index (χ1v) is 8.17. The van der Waals surface area contributed by atoms with Crippen molar-refractivity contribution in [2.24, 2.45) is 0 Å². The molecule has 6 heteroatoms. The minimum atomic E-state index is -0.803. The number of halogens is 2. The first-order valence-electron chi connectivity index (χ1n) is 8.17. The van der Waals surface area contributed by atoms with E-state index in [1.165, 1.54) is 7.11 Å². The highest BCUT2D eigenvalue weighted by Crippen LogP contribution is 2.32. The average Bonchev–Trinajstić information content (AvgIpc) is 2.70. The number of hydrogen-bond acceptors (Lipinski definition) is 3. The van der Waals surface area contributed by atoms with E-state index in [1.54, 1.807) is 54.0 Å². The highest BCUT2D eigenvalue weighted by molar-refractivity contribution is 5.86. The maximum atomic E-state index is 14.4. The van der Waals surface area contributed by atoms with Gasteiger partial charge in [-0.3, -0.25) is 10.0 Å². The molecule has 2 N–H and O–H groups in total. The van der Waals surface area contributed by atoms with E-state index < -0.39 is 23.5 Å². The second-order valence-corrected chi connectivity index (χ2v) is 5.91. The van der Waals surface area contributed by atoms with Gasteiger partial charge in [-0.2, -0.15) is 0 Å². The number of nitrogens with one attached hydrogen (secondary N) is 1. The zero-order chi connectivity index (χ0) is 19.4. The Morgan fingerprint density at radius 2 is 1.67 bits per heavy atom. The van der Waals surface area contributed by atoms with Crippen molar-refractivity contribution in [3.8, 4) is 16.9 Å². The van der Waals surface area contributed by atoms with Crippen LogP contribution >= 0.6 is 0 Å². The van der Waals surface area contributed by atoms with Gasteiger partial charge < -0.3 is 4.74 Å². The summed E-state index contributed by atoms with van der Waals surface area (Å²) >= 11 is 0. The van der Waals surface area contributed by atoms with Crippen molar-refractivity contribution in [1.29, 1.82) is 0 Å². The van der Waals surface area contributed by atoms with Gasteiger partial charge in [0.25, 0.3) is 5.91 Å². The van der Waals surface area contributed by atoms with Crippen molar-refractivity contribution < 1.29 is 23.5 Å². The molecule has 3 rings (SSSR count). The van der Waals surface area contributed by atoms with Crippen molar-refractivity contribution in [3.63, 3.8) is 0 Å². The number of carbonyl (C=O) groups is 1. The van der Waals surface area contributed by atoms with Crippen LogP contribution in [0.5, 0.6) is 5.75 Å². The number of benzene rings is 3. The summed E-state index contributed by atoms with van der Waals surface area (Å²) in [5.41, 5.74) is 3.30. The minimum Gasteiger partial charge on any atom is -0.494 e. The van der Waals surface area contributed by atoms with Crippen molar-refractivity contribution in [1.82, 2.24) is 5.48 Å². The molecule has 1 unspecified atom stereocenters. The number of ether oxygens (including phenoxy) is 1. The molecule has 0 saturated carbocycles. The fourth-order valence-corrected chi connectivity index (χ4v) is 3.00. The molecule has 0 heterocycles. The van der Waals surface area contributed by atoms with Gasteiger partial charge in [-0.15, -0.1) is 0 Å². The number of methoxy groups -OCH3 is 1. The predicted molar refractivity (Wildman–Crippen MR) is 96.6 cm³/mol. The largest absolute Gasteiger partial charge is 0.494 e. The summed E-state index contributed by atoms with van der Waals surface area (Å²) in [4.78, 5) is 12.3. The zero-order valence-corrected chi connectivity index (χ0v) is 14.4. The van der Waals surface area contributed by atoms with Crippen LogP contribution in [0.1, 0.15) is 17.0 Å². The van der Waals surface area contributed by atoms with Crippen LogP contribution in [0, 0.1) is 11.6 Å². The third-order valence-electron chi connectivity index (χ3n) is 4.28. The van der Waals surface area contributed by atoms with Crippen molar-refractivity contribution in [2.75, 3.05) is 7.11 Å². The molecule has 138 valence electrons. The van der Waals surface area contributed by atoms with Gasteiger partial charge >= 0.3 is 0 Å². The van der Waals surface area contributed by atoms with Crippen LogP contribution in [0.4, 0.5) is 8.78 Å². The molecule has 3 aromatic carbocycles. The molecule has 0 bridgehead atoms. The molecular weight excluding hydrogens is 352 g/mol. The normalized spacial score (nSPS) is 11.7. The van der Waals surface area contributed by atoms with Crippen molar-refractivity contribution in [2.45, 2.75) is 5.92 Å².